The Balaban J connectivity index is 1.94. The lowest BCUT2D eigenvalue weighted by Gasteiger charge is -2.16. The topological polar surface area (TPSA) is 67.5 Å². The second-order valence-electron chi connectivity index (χ2n) is 8.10. The molecule has 2 aromatic heterocycles. The molecule has 1 aliphatic rings. The van der Waals surface area contributed by atoms with Gasteiger partial charge >= 0.3 is 5.97 Å². The lowest BCUT2D eigenvalue weighted by molar-refractivity contribution is 0.0690. The van der Waals surface area contributed by atoms with E-state index < -0.39 is 11.8 Å². The number of carbonyl (C=O) groups is 1. The molecule has 3 heterocycles. The minimum Gasteiger partial charge on any atom is -0.477 e. The largest absolute Gasteiger partial charge is 0.477 e. The number of aliphatic imine (C=N–C) groups is 1. The van der Waals surface area contributed by atoms with E-state index in [9.17, 15) is 14.3 Å². The summed E-state index contributed by atoms with van der Waals surface area (Å²) >= 11 is 0. The fourth-order valence-corrected chi connectivity index (χ4v) is 4.31. The van der Waals surface area contributed by atoms with Crippen molar-refractivity contribution < 1.29 is 18.7 Å². The first-order valence-corrected chi connectivity index (χ1v) is 10.2. The Hall–Kier alpha value is -3.87. The smallest absolute Gasteiger partial charge is 0.354 e. The number of pyridine rings is 1. The summed E-state index contributed by atoms with van der Waals surface area (Å²) in [6.45, 7) is 4.48. The van der Waals surface area contributed by atoms with Gasteiger partial charge in [0.05, 0.1) is 12.1 Å². The molecule has 160 valence electrons. The Labute approximate surface area is 182 Å². The van der Waals surface area contributed by atoms with Crippen LogP contribution >= 0.6 is 0 Å². The van der Waals surface area contributed by atoms with Crippen molar-refractivity contribution in [2.45, 2.75) is 26.3 Å². The molecular weight excluding hydrogens is 412 g/mol. The molecule has 0 atom stereocenters. The molecule has 2 aromatic carbocycles. The molecule has 0 saturated heterocycles. The average Bonchev–Trinajstić information content (AvgIpc) is 3.34. The van der Waals surface area contributed by atoms with Gasteiger partial charge in [-0.2, -0.15) is 0 Å². The van der Waals surface area contributed by atoms with Crippen LogP contribution in [0.2, 0.25) is 0 Å². The number of halogens is 2. The van der Waals surface area contributed by atoms with E-state index in [4.69, 9.17) is 0 Å². The van der Waals surface area contributed by atoms with E-state index in [0.717, 1.165) is 45.5 Å². The van der Waals surface area contributed by atoms with Crippen molar-refractivity contribution in [3.8, 4) is 16.9 Å². The van der Waals surface area contributed by atoms with E-state index in [-0.39, 0.29) is 23.1 Å². The molecule has 1 aliphatic heterocycles. The second kappa shape index (κ2) is 7.37. The molecule has 0 radical (unpaired) electrons. The van der Waals surface area contributed by atoms with Crippen molar-refractivity contribution in [1.82, 2.24) is 9.55 Å². The van der Waals surface area contributed by atoms with E-state index in [1.807, 2.05) is 30.5 Å². The van der Waals surface area contributed by atoms with E-state index >= 15 is 4.39 Å². The number of benzene rings is 2. The van der Waals surface area contributed by atoms with Gasteiger partial charge in [-0.05, 0) is 65.6 Å². The molecular formula is C25H19F2N3O2. The molecule has 5 nitrogen and oxygen atoms in total. The maximum absolute atomic E-state index is 15.1. The number of carboxylic acids is 1. The van der Waals surface area contributed by atoms with Gasteiger partial charge in [0.1, 0.15) is 23.0 Å². The highest BCUT2D eigenvalue weighted by atomic mass is 19.1. The summed E-state index contributed by atoms with van der Waals surface area (Å²) < 4.78 is 30.7. The van der Waals surface area contributed by atoms with Crippen LogP contribution in [0.5, 0.6) is 0 Å². The average molecular weight is 431 g/mol. The highest BCUT2D eigenvalue weighted by Crippen LogP contribution is 2.42. The molecule has 5 rings (SSSR count). The molecule has 0 unspecified atom stereocenters. The van der Waals surface area contributed by atoms with Gasteiger partial charge in [0.15, 0.2) is 0 Å². The first-order chi connectivity index (χ1) is 15.3. The van der Waals surface area contributed by atoms with Gasteiger partial charge < -0.3 is 9.67 Å². The summed E-state index contributed by atoms with van der Waals surface area (Å²) in [5, 5.41) is 10.2. The van der Waals surface area contributed by atoms with Crippen LogP contribution in [0.25, 0.3) is 27.8 Å². The number of aromatic nitrogens is 2. The van der Waals surface area contributed by atoms with Gasteiger partial charge in [-0.3, -0.25) is 4.99 Å². The van der Waals surface area contributed by atoms with Gasteiger partial charge in [0.25, 0.3) is 0 Å². The molecule has 4 aromatic rings. The van der Waals surface area contributed by atoms with E-state index in [1.165, 1.54) is 12.1 Å². The van der Waals surface area contributed by atoms with Gasteiger partial charge in [0, 0.05) is 28.5 Å². The molecule has 0 aliphatic carbocycles. The third-order valence-electron chi connectivity index (χ3n) is 5.69. The molecule has 0 amide bonds. The van der Waals surface area contributed by atoms with Gasteiger partial charge in [-0.25, -0.2) is 18.6 Å². The van der Waals surface area contributed by atoms with Crippen molar-refractivity contribution in [3.05, 3.63) is 82.7 Å². The Kier molecular flexibility index (Phi) is 4.62. The zero-order valence-corrected chi connectivity index (χ0v) is 17.4. The number of hydrogen-bond acceptors (Lipinski definition) is 3. The minimum absolute atomic E-state index is 0.0154. The second-order valence-corrected chi connectivity index (χ2v) is 8.10. The predicted octanol–water partition coefficient (Wildman–Crippen LogP) is 5.72. The van der Waals surface area contributed by atoms with Crippen LogP contribution in [-0.4, -0.2) is 26.8 Å². The van der Waals surface area contributed by atoms with Crippen LogP contribution in [0.15, 0.2) is 53.5 Å². The van der Waals surface area contributed by atoms with Crippen LogP contribution in [0.4, 0.5) is 8.78 Å². The lowest BCUT2D eigenvalue weighted by Crippen LogP contribution is -2.06. The Morgan fingerprint density at radius 3 is 2.53 bits per heavy atom. The minimum atomic E-state index is -1.23. The van der Waals surface area contributed by atoms with E-state index in [2.05, 4.69) is 9.98 Å². The van der Waals surface area contributed by atoms with Gasteiger partial charge in [-0.1, -0.05) is 13.8 Å². The Morgan fingerprint density at radius 2 is 1.84 bits per heavy atom. The maximum atomic E-state index is 15.1. The van der Waals surface area contributed by atoms with Crippen molar-refractivity contribution >= 4 is 23.1 Å². The van der Waals surface area contributed by atoms with Crippen molar-refractivity contribution in [1.29, 1.82) is 0 Å². The lowest BCUT2D eigenvalue weighted by atomic mass is 9.98. The van der Waals surface area contributed by atoms with Gasteiger partial charge in [-0.15, -0.1) is 0 Å². The van der Waals surface area contributed by atoms with Gasteiger partial charge in [0.2, 0.25) is 0 Å². The standard InChI is InChI=1S/C25H19F2N3O2/c1-13(2)24-22(23-19(27)7-8-20(29-23)25(31)32)18-9-14-11-28-12-15(14)10-21(18)30(24)17-5-3-16(26)4-6-17/h3-10,12-13H,11H2,1-2H3,(H,31,32). The highest BCUT2D eigenvalue weighted by molar-refractivity contribution is 6.03. The number of aromatic carboxylic acids is 1. The number of rotatable bonds is 4. The molecule has 1 N–H and O–H groups in total. The van der Waals surface area contributed by atoms with Crippen LogP contribution in [-0.2, 0) is 6.54 Å². The molecule has 0 spiro atoms. The number of carboxylic acid groups (broad SMARTS) is 1. The SMILES string of the molecule is CC(C)c1c(-c2nc(C(=O)O)ccc2F)c2cc3c(cc2n1-c1ccc(F)cc1)C=NC3. The van der Waals surface area contributed by atoms with E-state index in [0.29, 0.717) is 12.1 Å². The molecule has 0 saturated carbocycles. The fourth-order valence-electron chi connectivity index (χ4n) is 4.31. The molecule has 7 heteroatoms. The first-order valence-electron chi connectivity index (χ1n) is 10.2. The first kappa shape index (κ1) is 20.1. The molecule has 32 heavy (non-hydrogen) atoms. The zero-order valence-electron chi connectivity index (χ0n) is 17.4. The van der Waals surface area contributed by atoms with Crippen LogP contribution < -0.4 is 0 Å². The van der Waals surface area contributed by atoms with Crippen molar-refractivity contribution in [2.75, 3.05) is 0 Å². The third kappa shape index (κ3) is 3.09. The van der Waals surface area contributed by atoms with Crippen molar-refractivity contribution in [2.24, 2.45) is 4.99 Å². The summed E-state index contributed by atoms with van der Waals surface area (Å²) in [5.74, 6) is -2.26. The van der Waals surface area contributed by atoms with Crippen molar-refractivity contribution in [3.63, 3.8) is 0 Å². The summed E-state index contributed by atoms with van der Waals surface area (Å²) in [6.07, 6.45) is 1.80. The summed E-state index contributed by atoms with van der Waals surface area (Å²) in [7, 11) is 0. The van der Waals surface area contributed by atoms with Crippen LogP contribution in [0.1, 0.15) is 47.1 Å². The predicted molar refractivity (Wildman–Crippen MR) is 119 cm³/mol. The highest BCUT2D eigenvalue weighted by Gasteiger charge is 2.27. The molecule has 0 bridgehead atoms. The summed E-state index contributed by atoms with van der Waals surface area (Å²) in [4.78, 5) is 20.1. The van der Waals surface area contributed by atoms with Crippen LogP contribution in [0.3, 0.4) is 0 Å². The Morgan fingerprint density at radius 1 is 1.09 bits per heavy atom. The monoisotopic (exact) mass is 431 g/mol. The fraction of sp³-hybridized carbons (Fsp3) is 0.160. The number of fused-ring (bicyclic) bond motifs is 2. The normalized spacial score (nSPS) is 12.7. The quantitative estimate of drug-likeness (QED) is 0.449. The Bertz CT molecular complexity index is 1420. The third-order valence-corrected chi connectivity index (χ3v) is 5.69. The molecule has 0 fully saturated rings. The maximum Gasteiger partial charge on any atom is 0.354 e. The van der Waals surface area contributed by atoms with E-state index in [1.54, 1.807) is 18.3 Å². The summed E-state index contributed by atoms with van der Waals surface area (Å²) in [5.41, 5.74) is 4.53. The van der Waals surface area contributed by atoms with Crippen LogP contribution in [0, 0.1) is 11.6 Å². The summed E-state index contributed by atoms with van der Waals surface area (Å²) in [6, 6.07) is 12.3. The number of hydrogen-bond donors (Lipinski definition) is 1. The number of nitrogens with zero attached hydrogens (tertiary/aromatic N) is 3. The zero-order chi connectivity index (χ0) is 22.6.